The van der Waals surface area contributed by atoms with Gasteiger partial charge in [0, 0.05) is 28.3 Å². The molecule has 1 amide bonds. The van der Waals surface area contributed by atoms with Crippen LogP contribution < -0.4 is 10.9 Å². The van der Waals surface area contributed by atoms with Crippen LogP contribution in [0.4, 0.5) is 10.1 Å². The van der Waals surface area contributed by atoms with E-state index in [1.165, 1.54) is 18.2 Å². The number of halogens is 2. The molecule has 0 atom stereocenters. The molecule has 4 aromatic rings. The minimum absolute atomic E-state index is 0.0568. The minimum atomic E-state index is -0.545. The Morgan fingerprint density at radius 2 is 1.90 bits per heavy atom. The van der Waals surface area contributed by atoms with Gasteiger partial charge in [0.1, 0.15) is 12.4 Å². The Balaban J connectivity index is 1.66. The van der Waals surface area contributed by atoms with Crippen LogP contribution in [0, 0.1) is 19.7 Å². The quantitative estimate of drug-likeness (QED) is 0.505. The van der Waals surface area contributed by atoms with Gasteiger partial charge in [-0.15, -0.1) is 0 Å². The molecule has 0 fully saturated rings. The van der Waals surface area contributed by atoms with E-state index in [-0.39, 0.29) is 17.8 Å². The second kappa shape index (κ2) is 8.35. The first-order valence-electron chi connectivity index (χ1n) is 9.69. The predicted molar refractivity (Wildman–Crippen MR) is 119 cm³/mol. The van der Waals surface area contributed by atoms with Crippen LogP contribution in [-0.4, -0.2) is 20.3 Å². The zero-order valence-electron chi connectivity index (χ0n) is 17.0. The first kappa shape index (κ1) is 20.8. The topological polar surface area (TPSA) is 68.9 Å². The molecule has 0 unspecified atom stereocenters. The van der Waals surface area contributed by atoms with E-state index in [9.17, 15) is 14.0 Å². The van der Waals surface area contributed by atoms with E-state index in [1.54, 1.807) is 12.3 Å². The number of rotatable bonds is 5. The maximum Gasteiger partial charge on any atom is 0.276 e. The molecule has 0 aliphatic carbocycles. The van der Waals surface area contributed by atoms with Crippen molar-refractivity contribution in [3.05, 3.63) is 92.9 Å². The smallest absolute Gasteiger partial charge is 0.276 e. The molecule has 0 radical (unpaired) electrons. The summed E-state index contributed by atoms with van der Waals surface area (Å²) in [5.74, 6) is -1.08. The molecule has 0 saturated heterocycles. The average Bonchev–Trinajstić information content (AvgIpc) is 2.97. The molecule has 0 aliphatic rings. The maximum atomic E-state index is 13.8. The lowest BCUT2D eigenvalue weighted by Crippen LogP contribution is -2.29. The molecule has 0 spiro atoms. The first-order valence-corrected chi connectivity index (χ1v) is 10.1. The highest BCUT2D eigenvalue weighted by Crippen LogP contribution is 2.24. The van der Waals surface area contributed by atoms with Crippen LogP contribution in [0.15, 0.2) is 59.5 Å². The molecular formula is C23H20ClFN4O2. The van der Waals surface area contributed by atoms with Crippen molar-refractivity contribution in [3.63, 3.8) is 0 Å². The van der Waals surface area contributed by atoms with E-state index in [1.807, 2.05) is 42.7 Å². The third-order valence-electron chi connectivity index (χ3n) is 5.28. The van der Waals surface area contributed by atoms with Crippen molar-refractivity contribution >= 4 is 34.0 Å². The summed E-state index contributed by atoms with van der Waals surface area (Å²) in [6.07, 6.45) is 1.59. The van der Waals surface area contributed by atoms with Gasteiger partial charge in [0.2, 0.25) is 5.91 Å². The highest BCUT2D eigenvalue weighted by molar-refractivity contribution is 6.30. The number of fused-ring (bicyclic) bond motifs is 1. The van der Waals surface area contributed by atoms with Gasteiger partial charge in [0.05, 0.1) is 17.3 Å². The van der Waals surface area contributed by atoms with Crippen molar-refractivity contribution in [1.29, 1.82) is 0 Å². The molecule has 0 saturated carbocycles. The number of aromatic nitrogens is 3. The van der Waals surface area contributed by atoms with Gasteiger partial charge in [0.25, 0.3) is 5.56 Å². The molecule has 8 heteroatoms. The lowest BCUT2D eigenvalue weighted by molar-refractivity contribution is -0.117. The largest absolute Gasteiger partial charge is 0.343 e. The average molecular weight is 439 g/mol. The summed E-state index contributed by atoms with van der Waals surface area (Å²) in [5.41, 5.74) is 2.38. The van der Waals surface area contributed by atoms with Crippen molar-refractivity contribution in [2.75, 3.05) is 5.32 Å². The van der Waals surface area contributed by atoms with Crippen molar-refractivity contribution in [1.82, 2.24) is 14.3 Å². The van der Waals surface area contributed by atoms with E-state index in [4.69, 9.17) is 11.6 Å². The van der Waals surface area contributed by atoms with Crippen molar-refractivity contribution < 1.29 is 9.18 Å². The van der Waals surface area contributed by atoms with Gasteiger partial charge in [-0.25, -0.2) is 9.07 Å². The molecule has 158 valence electrons. The lowest BCUT2D eigenvalue weighted by Gasteiger charge is -2.09. The van der Waals surface area contributed by atoms with Gasteiger partial charge < -0.3 is 9.88 Å². The van der Waals surface area contributed by atoms with Crippen LogP contribution in [-0.2, 0) is 17.9 Å². The molecule has 6 nitrogen and oxygen atoms in total. The first-order chi connectivity index (χ1) is 14.8. The number of carbonyl (C=O) groups is 1. The van der Waals surface area contributed by atoms with Crippen molar-refractivity contribution in [2.24, 2.45) is 0 Å². The Morgan fingerprint density at radius 3 is 2.65 bits per heavy atom. The summed E-state index contributed by atoms with van der Waals surface area (Å²) in [6.45, 7) is 4.03. The summed E-state index contributed by atoms with van der Waals surface area (Å²) in [4.78, 5) is 25.4. The van der Waals surface area contributed by atoms with Gasteiger partial charge in [-0.1, -0.05) is 35.9 Å². The molecular weight excluding hydrogens is 419 g/mol. The Bertz CT molecular complexity index is 1360. The van der Waals surface area contributed by atoms with E-state index < -0.39 is 11.7 Å². The fourth-order valence-electron chi connectivity index (χ4n) is 3.70. The molecule has 2 heterocycles. The van der Waals surface area contributed by atoms with Gasteiger partial charge >= 0.3 is 0 Å². The summed E-state index contributed by atoms with van der Waals surface area (Å²) in [5, 5.41) is 8.52. The zero-order valence-corrected chi connectivity index (χ0v) is 17.8. The van der Waals surface area contributed by atoms with Gasteiger partial charge in [-0.3, -0.25) is 9.59 Å². The van der Waals surface area contributed by atoms with Crippen LogP contribution in [0.25, 0.3) is 10.8 Å². The number of hydrogen-bond donors (Lipinski definition) is 1. The van der Waals surface area contributed by atoms with Crippen LogP contribution in [0.1, 0.15) is 17.0 Å². The van der Waals surface area contributed by atoms with Crippen LogP contribution in [0.3, 0.4) is 0 Å². The van der Waals surface area contributed by atoms with E-state index >= 15 is 0 Å². The number of para-hydroxylation sites is 1. The summed E-state index contributed by atoms with van der Waals surface area (Å²) in [6, 6.07) is 13.4. The molecule has 1 N–H and O–H groups in total. The van der Waals surface area contributed by atoms with Crippen LogP contribution in [0.2, 0.25) is 5.02 Å². The number of nitrogens with one attached hydrogen (secondary N) is 1. The van der Waals surface area contributed by atoms with Crippen LogP contribution >= 0.6 is 11.6 Å². The highest BCUT2D eigenvalue weighted by Gasteiger charge is 2.18. The van der Waals surface area contributed by atoms with E-state index in [2.05, 4.69) is 10.4 Å². The SMILES string of the molecule is Cc1c2cnn(CC(=O)Nc3ccccc3F)c(=O)c2c(C)n1Cc1cccc(Cl)c1. The Hall–Kier alpha value is -3.45. The number of amides is 1. The molecule has 2 aromatic carbocycles. The Labute approximate surface area is 182 Å². The monoisotopic (exact) mass is 438 g/mol. The fourth-order valence-corrected chi connectivity index (χ4v) is 3.91. The molecule has 0 bridgehead atoms. The van der Waals surface area contributed by atoms with E-state index in [0.717, 1.165) is 27.0 Å². The zero-order chi connectivity index (χ0) is 22.1. The summed E-state index contributed by atoms with van der Waals surface area (Å²) in [7, 11) is 0. The van der Waals surface area contributed by atoms with Gasteiger partial charge in [-0.2, -0.15) is 5.10 Å². The normalized spacial score (nSPS) is 11.1. The summed E-state index contributed by atoms with van der Waals surface area (Å²) >= 11 is 6.10. The minimum Gasteiger partial charge on any atom is -0.343 e. The molecule has 0 aliphatic heterocycles. The Kier molecular flexibility index (Phi) is 5.61. The number of carbonyl (C=O) groups excluding carboxylic acids is 1. The number of nitrogens with zero attached hydrogens (tertiary/aromatic N) is 3. The number of aryl methyl sites for hydroxylation is 2. The number of benzene rings is 2. The number of anilines is 1. The Morgan fingerprint density at radius 1 is 1.13 bits per heavy atom. The molecule has 2 aromatic heterocycles. The van der Waals surface area contributed by atoms with E-state index in [0.29, 0.717) is 17.0 Å². The molecule has 4 rings (SSSR count). The van der Waals surface area contributed by atoms with Crippen molar-refractivity contribution in [2.45, 2.75) is 26.9 Å². The number of hydrogen-bond acceptors (Lipinski definition) is 3. The second-order valence-electron chi connectivity index (χ2n) is 7.31. The van der Waals surface area contributed by atoms with Crippen molar-refractivity contribution in [3.8, 4) is 0 Å². The fraction of sp³-hybridized carbons (Fsp3) is 0.174. The third-order valence-corrected chi connectivity index (χ3v) is 5.51. The third kappa shape index (κ3) is 4.09. The lowest BCUT2D eigenvalue weighted by atomic mass is 10.2. The van der Waals surface area contributed by atoms with Gasteiger partial charge in [0.15, 0.2) is 0 Å². The maximum absolute atomic E-state index is 13.8. The van der Waals surface area contributed by atoms with Crippen LogP contribution in [0.5, 0.6) is 0 Å². The van der Waals surface area contributed by atoms with Gasteiger partial charge in [-0.05, 0) is 43.7 Å². The standard InChI is InChI=1S/C23H20ClFN4O2/c1-14-18-11-26-29(13-21(30)27-20-9-4-3-8-19(20)25)23(31)22(18)15(2)28(14)12-16-6-5-7-17(24)10-16/h3-11H,12-13H2,1-2H3,(H,27,30). The molecule has 31 heavy (non-hydrogen) atoms. The predicted octanol–water partition coefficient (Wildman–Crippen LogP) is 4.29. The second-order valence-corrected chi connectivity index (χ2v) is 7.75. The summed E-state index contributed by atoms with van der Waals surface area (Å²) < 4.78 is 16.9. The highest BCUT2D eigenvalue weighted by atomic mass is 35.5.